The van der Waals surface area contributed by atoms with Gasteiger partial charge in [-0.2, -0.15) is 0 Å². The fourth-order valence-corrected chi connectivity index (χ4v) is 2.55. The van der Waals surface area contributed by atoms with Gasteiger partial charge in [-0.25, -0.2) is 0 Å². The van der Waals surface area contributed by atoms with Crippen molar-refractivity contribution in [3.8, 4) is 0 Å². The number of rotatable bonds is 6. The van der Waals surface area contributed by atoms with Gasteiger partial charge in [-0.15, -0.1) is 12.4 Å². The number of carbonyl (C=O) groups excluding carboxylic acids is 1. The number of nitrogens with two attached hydrogens (primary N) is 1. The molecule has 0 heterocycles. The Labute approximate surface area is 159 Å². The third kappa shape index (κ3) is 5.28. The number of hydrogen-bond donors (Lipinski definition) is 2. The lowest BCUT2D eigenvalue weighted by molar-refractivity contribution is -0.385. The molecular formula is C19H24ClN3O3. The van der Waals surface area contributed by atoms with Gasteiger partial charge < -0.3 is 11.1 Å². The van der Waals surface area contributed by atoms with E-state index in [1.54, 1.807) is 6.92 Å². The lowest BCUT2D eigenvalue weighted by atomic mass is 9.99. The quantitative estimate of drug-likeness (QED) is 0.589. The highest BCUT2D eigenvalue weighted by molar-refractivity contribution is 5.94. The summed E-state index contributed by atoms with van der Waals surface area (Å²) >= 11 is 0. The van der Waals surface area contributed by atoms with E-state index in [-0.39, 0.29) is 36.6 Å². The molecule has 26 heavy (non-hydrogen) atoms. The summed E-state index contributed by atoms with van der Waals surface area (Å²) in [6.07, 6.45) is 0. The summed E-state index contributed by atoms with van der Waals surface area (Å²) in [6, 6.07) is 12.0. The summed E-state index contributed by atoms with van der Waals surface area (Å²) in [4.78, 5) is 22.6. The molecule has 0 aromatic heterocycles. The van der Waals surface area contributed by atoms with Crippen LogP contribution in [0, 0.1) is 17.0 Å². The van der Waals surface area contributed by atoms with E-state index in [4.69, 9.17) is 5.73 Å². The monoisotopic (exact) mass is 377 g/mol. The van der Waals surface area contributed by atoms with Crippen LogP contribution in [0.2, 0.25) is 0 Å². The molecule has 3 N–H and O–H groups in total. The van der Waals surface area contributed by atoms with Crippen LogP contribution in [0.4, 0.5) is 5.69 Å². The molecule has 1 atom stereocenters. The third-order valence-electron chi connectivity index (χ3n) is 4.17. The number of amides is 1. The molecule has 0 fully saturated rings. The van der Waals surface area contributed by atoms with Gasteiger partial charge in [0.25, 0.3) is 11.6 Å². The Morgan fingerprint density at radius 2 is 1.73 bits per heavy atom. The van der Waals surface area contributed by atoms with Crippen LogP contribution in [0.5, 0.6) is 0 Å². The number of aryl methyl sites for hydroxylation is 1. The lowest BCUT2D eigenvalue weighted by Gasteiger charge is -2.15. The van der Waals surface area contributed by atoms with Gasteiger partial charge in [-0.05, 0) is 36.1 Å². The molecule has 0 bridgehead atoms. The van der Waals surface area contributed by atoms with Crippen molar-refractivity contribution in [3.05, 3.63) is 74.8 Å². The second-order valence-electron chi connectivity index (χ2n) is 6.40. The maximum absolute atomic E-state index is 12.2. The van der Waals surface area contributed by atoms with Crippen LogP contribution in [-0.2, 0) is 0 Å². The van der Waals surface area contributed by atoms with E-state index >= 15 is 0 Å². The number of nitrogens with one attached hydrogen (secondary N) is 1. The summed E-state index contributed by atoms with van der Waals surface area (Å²) in [7, 11) is 0. The van der Waals surface area contributed by atoms with Crippen LogP contribution in [0.3, 0.4) is 0 Å². The molecular weight excluding hydrogens is 354 g/mol. The summed E-state index contributed by atoms with van der Waals surface area (Å²) in [5.74, 6) is 0.155. The first kappa shape index (κ1) is 21.6. The van der Waals surface area contributed by atoms with Gasteiger partial charge in [0.05, 0.1) is 4.92 Å². The summed E-state index contributed by atoms with van der Waals surface area (Å²) < 4.78 is 0. The van der Waals surface area contributed by atoms with Gasteiger partial charge in [0.1, 0.15) is 0 Å². The number of nitrogens with zero attached hydrogens (tertiary/aromatic N) is 1. The van der Waals surface area contributed by atoms with Gasteiger partial charge in [0.15, 0.2) is 0 Å². The molecule has 6 nitrogen and oxygen atoms in total. The standard InChI is InChI=1S/C19H23N3O3.ClH/c1-12(2)14-4-6-15(7-5-14)17(20)11-21-19(23)16-8-9-18(22(24)25)13(3)10-16;/h4-10,12,17H,11,20H2,1-3H3,(H,21,23);1H. The molecule has 0 saturated heterocycles. The molecule has 0 aliphatic heterocycles. The largest absolute Gasteiger partial charge is 0.350 e. The summed E-state index contributed by atoms with van der Waals surface area (Å²) in [5, 5.41) is 13.6. The lowest BCUT2D eigenvalue weighted by Crippen LogP contribution is -2.32. The number of benzene rings is 2. The smallest absolute Gasteiger partial charge is 0.272 e. The molecule has 1 amide bonds. The maximum Gasteiger partial charge on any atom is 0.272 e. The van der Waals surface area contributed by atoms with Crippen molar-refractivity contribution >= 4 is 24.0 Å². The zero-order valence-corrected chi connectivity index (χ0v) is 15.9. The molecule has 0 saturated carbocycles. The zero-order chi connectivity index (χ0) is 18.6. The fraction of sp³-hybridized carbons (Fsp3) is 0.316. The Bertz CT molecular complexity index is 776. The SMILES string of the molecule is Cc1cc(C(=O)NCC(N)c2ccc(C(C)C)cc2)ccc1[N+](=O)[O-].Cl. The van der Waals surface area contributed by atoms with E-state index in [1.165, 1.54) is 23.8 Å². The van der Waals surface area contributed by atoms with Crippen molar-refractivity contribution in [1.29, 1.82) is 0 Å². The highest BCUT2D eigenvalue weighted by Gasteiger charge is 2.15. The number of nitro benzene ring substituents is 1. The molecule has 2 rings (SSSR count). The minimum atomic E-state index is -0.465. The molecule has 140 valence electrons. The van der Waals surface area contributed by atoms with Crippen LogP contribution in [0.25, 0.3) is 0 Å². The van der Waals surface area contributed by atoms with Crippen LogP contribution in [0.1, 0.15) is 52.9 Å². The molecule has 0 radical (unpaired) electrons. The minimum Gasteiger partial charge on any atom is -0.350 e. The van der Waals surface area contributed by atoms with Crippen molar-refractivity contribution in [1.82, 2.24) is 5.32 Å². The number of nitro groups is 1. The Morgan fingerprint density at radius 3 is 2.23 bits per heavy atom. The van der Waals surface area contributed by atoms with Crippen LogP contribution >= 0.6 is 12.4 Å². The molecule has 0 aliphatic carbocycles. The Hall–Kier alpha value is -2.44. The Morgan fingerprint density at radius 1 is 1.15 bits per heavy atom. The normalized spacial score (nSPS) is 11.6. The van der Waals surface area contributed by atoms with Crippen molar-refractivity contribution in [3.63, 3.8) is 0 Å². The van der Waals surface area contributed by atoms with Gasteiger partial charge in [-0.1, -0.05) is 38.1 Å². The summed E-state index contributed by atoms with van der Waals surface area (Å²) in [6.45, 7) is 6.15. The Kier molecular flexibility index (Phi) is 7.74. The van der Waals surface area contributed by atoms with E-state index in [1.807, 2.05) is 24.3 Å². The maximum atomic E-state index is 12.2. The van der Waals surface area contributed by atoms with Gasteiger partial charge in [0, 0.05) is 29.8 Å². The number of halogens is 1. The average Bonchev–Trinajstić information content (AvgIpc) is 2.58. The molecule has 2 aromatic rings. The minimum absolute atomic E-state index is 0. The van der Waals surface area contributed by atoms with E-state index in [0.29, 0.717) is 17.0 Å². The van der Waals surface area contributed by atoms with Crippen molar-refractivity contribution < 1.29 is 9.72 Å². The Balaban J connectivity index is 0.00000338. The highest BCUT2D eigenvalue weighted by Crippen LogP contribution is 2.19. The van der Waals surface area contributed by atoms with Crippen molar-refractivity contribution in [2.75, 3.05) is 6.54 Å². The molecule has 0 aliphatic rings. The predicted octanol–water partition coefficient (Wildman–Crippen LogP) is 3.88. The van der Waals surface area contributed by atoms with Crippen LogP contribution in [-0.4, -0.2) is 17.4 Å². The first-order chi connectivity index (χ1) is 11.8. The highest BCUT2D eigenvalue weighted by atomic mass is 35.5. The van der Waals surface area contributed by atoms with Gasteiger partial charge >= 0.3 is 0 Å². The van der Waals surface area contributed by atoms with E-state index < -0.39 is 4.92 Å². The zero-order valence-electron chi connectivity index (χ0n) is 15.1. The average molecular weight is 378 g/mol. The van der Waals surface area contributed by atoms with E-state index in [9.17, 15) is 14.9 Å². The number of hydrogen-bond acceptors (Lipinski definition) is 4. The van der Waals surface area contributed by atoms with Gasteiger partial charge in [0.2, 0.25) is 0 Å². The van der Waals surface area contributed by atoms with E-state index in [0.717, 1.165) is 5.56 Å². The predicted molar refractivity (Wildman–Crippen MR) is 105 cm³/mol. The van der Waals surface area contributed by atoms with Gasteiger partial charge in [-0.3, -0.25) is 14.9 Å². The second kappa shape index (κ2) is 9.31. The molecule has 0 spiro atoms. The first-order valence-corrected chi connectivity index (χ1v) is 8.18. The molecule has 1 unspecified atom stereocenters. The van der Waals surface area contributed by atoms with Crippen molar-refractivity contribution in [2.24, 2.45) is 5.73 Å². The molecule has 7 heteroatoms. The van der Waals surface area contributed by atoms with Crippen LogP contribution in [0.15, 0.2) is 42.5 Å². The molecule has 2 aromatic carbocycles. The summed E-state index contributed by atoms with van der Waals surface area (Å²) in [5.41, 5.74) is 9.15. The second-order valence-corrected chi connectivity index (χ2v) is 6.40. The third-order valence-corrected chi connectivity index (χ3v) is 4.17. The van der Waals surface area contributed by atoms with Crippen LogP contribution < -0.4 is 11.1 Å². The fourth-order valence-electron chi connectivity index (χ4n) is 2.55. The van der Waals surface area contributed by atoms with Crippen molar-refractivity contribution in [2.45, 2.75) is 32.7 Å². The first-order valence-electron chi connectivity index (χ1n) is 8.18. The topological polar surface area (TPSA) is 98.3 Å². The van der Waals surface area contributed by atoms with E-state index in [2.05, 4.69) is 19.2 Å². The number of carbonyl (C=O) groups is 1.